The highest BCUT2D eigenvalue weighted by molar-refractivity contribution is 6.36. The second-order valence-corrected chi connectivity index (χ2v) is 7.26. The van der Waals surface area contributed by atoms with Crippen LogP contribution in [0, 0.1) is 11.3 Å². The first-order chi connectivity index (χ1) is 14.6. The molecule has 11 nitrogen and oxygen atoms in total. The van der Waals surface area contributed by atoms with E-state index < -0.39 is 42.4 Å². The highest BCUT2D eigenvalue weighted by Gasteiger charge is 2.51. The van der Waals surface area contributed by atoms with Gasteiger partial charge in [0.05, 0.1) is 10.9 Å². The van der Waals surface area contributed by atoms with Crippen LogP contribution in [0.3, 0.4) is 0 Å². The van der Waals surface area contributed by atoms with E-state index in [1.807, 2.05) is 6.07 Å². The highest BCUT2D eigenvalue weighted by Crippen LogP contribution is 2.38. The quantitative estimate of drug-likeness (QED) is 0.275. The molecule has 164 valence electrons. The van der Waals surface area contributed by atoms with E-state index in [0.29, 0.717) is 0 Å². The van der Waals surface area contributed by atoms with Gasteiger partial charge in [-0.1, -0.05) is 11.6 Å². The number of nitriles is 1. The Morgan fingerprint density at radius 1 is 1.13 bits per heavy atom. The zero-order valence-electron chi connectivity index (χ0n) is 16.5. The number of halogens is 2. The van der Waals surface area contributed by atoms with Gasteiger partial charge < -0.3 is 23.5 Å². The van der Waals surface area contributed by atoms with Gasteiger partial charge in [-0.05, 0) is 11.6 Å². The average Bonchev–Trinajstić information content (AvgIpc) is 3.18. The van der Waals surface area contributed by atoms with Crippen molar-refractivity contribution < 1.29 is 33.3 Å². The summed E-state index contributed by atoms with van der Waals surface area (Å²) in [5.41, 5.74) is 0.257. The van der Waals surface area contributed by atoms with Crippen molar-refractivity contribution in [2.75, 3.05) is 6.61 Å². The van der Waals surface area contributed by atoms with Crippen LogP contribution in [0.2, 0.25) is 10.4 Å². The van der Waals surface area contributed by atoms with Gasteiger partial charge in [0.15, 0.2) is 18.4 Å². The molecule has 1 aliphatic heterocycles. The Bertz CT molecular complexity index is 1100. The van der Waals surface area contributed by atoms with Crippen molar-refractivity contribution in [3.05, 3.63) is 22.2 Å². The van der Waals surface area contributed by atoms with Crippen LogP contribution < -0.4 is 0 Å². The largest absolute Gasteiger partial charge is 0.463 e. The molecule has 2 aromatic heterocycles. The molecule has 31 heavy (non-hydrogen) atoms. The smallest absolute Gasteiger partial charge is 0.303 e. The summed E-state index contributed by atoms with van der Waals surface area (Å²) in [7, 11) is 0. The summed E-state index contributed by atoms with van der Waals surface area (Å²) in [5.74, 6) is -1.92. The van der Waals surface area contributed by atoms with Crippen LogP contribution in [-0.4, -0.2) is 57.4 Å². The zero-order chi connectivity index (χ0) is 22.9. The second kappa shape index (κ2) is 9.05. The molecule has 13 heteroatoms. The maximum absolute atomic E-state index is 11.8. The van der Waals surface area contributed by atoms with Crippen LogP contribution in [-0.2, 0) is 33.3 Å². The highest BCUT2D eigenvalue weighted by atomic mass is 35.5. The number of esters is 3. The third-order valence-electron chi connectivity index (χ3n) is 4.34. The first kappa shape index (κ1) is 22.7. The maximum Gasteiger partial charge on any atom is 0.303 e. The molecule has 0 radical (unpaired) electrons. The SMILES string of the molecule is CC(=O)OC[C@H]1O[C@@H](n2cc(C#N)c3c(Cl)nc(Cl)nc32)[C@@H](OC(C)=O)[C@H]1OC(C)=O. The van der Waals surface area contributed by atoms with Gasteiger partial charge in [0.1, 0.15) is 29.6 Å². The summed E-state index contributed by atoms with van der Waals surface area (Å²) >= 11 is 12.1. The Morgan fingerprint density at radius 2 is 1.77 bits per heavy atom. The van der Waals surface area contributed by atoms with Gasteiger partial charge in [0, 0.05) is 27.0 Å². The molecule has 1 aliphatic rings. The van der Waals surface area contributed by atoms with E-state index in [9.17, 15) is 19.6 Å². The van der Waals surface area contributed by atoms with Gasteiger partial charge in [0.25, 0.3) is 0 Å². The van der Waals surface area contributed by atoms with E-state index in [1.54, 1.807) is 0 Å². The summed E-state index contributed by atoms with van der Waals surface area (Å²) in [6, 6.07) is 1.98. The first-order valence-electron chi connectivity index (χ1n) is 8.89. The summed E-state index contributed by atoms with van der Waals surface area (Å²) in [5, 5.41) is 9.48. The lowest BCUT2D eigenvalue weighted by Gasteiger charge is -2.24. The molecule has 0 saturated carbocycles. The number of carbonyl (C=O) groups excluding carboxylic acids is 3. The minimum absolute atomic E-state index is 0.0552. The van der Waals surface area contributed by atoms with Gasteiger partial charge in [-0.15, -0.1) is 0 Å². The fourth-order valence-electron chi connectivity index (χ4n) is 3.28. The standard InChI is InChI=1S/C18H16Cl2N4O7/c1-7(25)28-6-11-13(29-8(2)26)14(30-9(3)27)17(31-11)24-5-10(4-21)12-15(19)22-18(20)23-16(12)24/h5,11,13-14,17H,6H2,1-3H3/t11-,13+,14+,17-/m1/s1. The monoisotopic (exact) mass is 470 g/mol. The molecule has 1 fully saturated rings. The normalized spacial score (nSPS) is 22.7. The number of carbonyl (C=O) groups is 3. The third-order valence-corrected chi connectivity index (χ3v) is 4.78. The predicted octanol–water partition coefficient (Wildman–Crippen LogP) is 1.93. The Balaban J connectivity index is 2.13. The average molecular weight is 471 g/mol. The van der Waals surface area contributed by atoms with Crippen molar-refractivity contribution >= 4 is 52.1 Å². The molecule has 0 amide bonds. The number of hydrogen-bond donors (Lipinski definition) is 0. The van der Waals surface area contributed by atoms with Gasteiger partial charge >= 0.3 is 17.9 Å². The van der Waals surface area contributed by atoms with Crippen molar-refractivity contribution in [1.29, 1.82) is 5.26 Å². The van der Waals surface area contributed by atoms with Crippen LogP contribution in [0.5, 0.6) is 0 Å². The molecule has 0 bridgehead atoms. The van der Waals surface area contributed by atoms with E-state index in [0.717, 1.165) is 0 Å². The summed E-state index contributed by atoms with van der Waals surface area (Å²) in [6.45, 7) is 3.27. The van der Waals surface area contributed by atoms with E-state index in [2.05, 4.69) is 9.97 Å². The summed E-state index contributed by atoms with van der Waals surface area (Å²) in [6.07, 6.45) is -2.97. The first-order valence-corrected chi connectivity index (χ1v) is 9.65. The molecule has 0 aromatic carbocycles. The van der Waals surface area contributed by atoms with E-state index in [1.165, 1.54) is 31.5 Å². The Kier molecular flexibility index (Phi) is 6.64. The molecular weight excluding hydrogens is 455 g/mol. The fraction of sp³-hybridized carbons (Fsp3) is 0.444. The van der Waals surface area contributed by atoms with Crippen molar-refractivity contribution in [1.82, 2.24) is 14.5 Å². The fourth-order valence-corrected chi connectivity index (χ4v) is 3.75. The van der Waals surface area contributed by atoms with Gasteiger partial charge in [-0.25, -0.2) is 4.98 Å². The Labute approximate surface area is 185 Å². The molecule has 4 atom stereocenters. The van der Waals surface area contributed by atoms with Crippen LogP contribution in [0.15, 0.2) is 6.20 Å². The summed E-state index contributed by atoms with van der Waals surface area (Å²) < 4.78 is 23.0. The lowest BCUT2D eigenvalue weighted by molar-refractivity contribution is -0.166. The van der Waals surface area contributed by atoms with Gasteiger partial charge in [-0.3, -0.25) is 14.4 Å². The lowest BCUT2D eigenvalue weighted by Crippen LogP contribution is -2.40. The number of aromatic nitrogens is 3. The van der Waals surface area contributed by atoms with Crippen LogP contribution in [0.4, 0.5) is 0 Å². The van der Waals surface area contributed by atoms with Crippen molar-refractivity contribution in [3.63, 3.8) is 0 Å². The number of rotatable bonds is 5. The second-order valence-electron chi connectivity index (χ2n) is 6.56. The third kappa shape index (κ3) is 4.71. The Hall–Kier alpha value is -2.94. The van der Waals surface area contributed by atoms with Crippen LogP contribution in [0.1, 0.15) is 32.6 Å². The molecular formula is C18H16Cl2N4O7. The topological polar surface area (TPSA) is 143 Å². The molecule has 0 N–H and O–H groups in total. The lowest BCUT2D eigenvalue weighted by atomic mass is 10.1. The van der Waals surface area contributed by atoms with Crippen molar-refractivity contribution in [2.24, 2.45) is 0 Å². The maximum atomic E-state index is 11.8. The number of ether oxygens (including phenoxy) is 4. The zero-order valence-corrected chi connectivity index (χ0v) is 18.0. The molecule has 0 aliphatic carbocycles. The molecule has 0 unspecified atom stereocenters. The molecule has 1 saturated heterocycles. The number of nitrogens with zero attached hydrogens (tertiary/aromatic N) is 4. The van der Waals surface area contributed by atoms with Crippen molar-refractivity contribution in [2.45, 2.75) is 45.3 Å². The van der Waals surface area contributed by atoms with E-state index in [-0.39, 0.29) is 33.6 Å². The van der Waals surface area contributed by atoms with E-state index in [4.69, 9.17) is 42.1 Å². The number of fused-ring (bicyclic) bond motifs is 1. The van der Waals surface area contributed by atoms with Crippen LogP contribution in [0.25, 0.3) is 11.0 Å². The van der Waals surface area contributed by atoms with Gasteiger partial charge in [0.2, 0.25) is 5.28 Å². The minimum atomic E-state index is -1.16. The number of hydrogen-bond acceptors (Lipinski definition) is 10. The minimum Gasteiger partial charge on any atom is -0.463 e. The molecule has 3 rings (SSSR count). The van der Waals surface area contributed by atoms with E-state index >= 15 is 0 Å². The summed E-state index contributed by atoms with van der Waals surface area (Å²) in [4.78, 5) is 42.7. The van der Waals surface area contributed by atoms with Gasteiger partial charge in [-0.2, -0.15) is 10.2 Å². The molecule has 0 spiro atoms. The predicted molar refractivity (Wildman–Crippen MR) is 104 cm³/mol. The Morgan fingerprint density at radius 3 is 2.35 bits per heavy atom. The van der Waals surface area contributed by atoms with Crippen LogP contribution >= 0.6 is 23.2 Å². The molecule has 2 aromatic rings. The van der Waals surface area contributed by atoms with Crippen molar-refractivity contribution in [3.8, 4) is 6.07 Å². The molecule has 3 heterocycles.